The zero-order valence-electron chi connectivity index (χ0n) is 10.4. The van der Waals surface area contributed by atoms with E-state index in [1.54, 1.807) is 17.7 Å². The van der Waals surface area contributed by atoms with Gasteiger partial charge in [0.25, 0.3) is 0 Å². The Bertz CT molecular complexity index is 637. The molecule has 2 heterocycles. The van der Waals surface area contributed by atoms with Gasteiger partial charge in [0.05, 0.1) is 10.9 Å². The summed E-state index contributed by atoms with van der Waals surface area (Å²) in [5.74, 6) is -0.283. The van der Waals surface area contributed by atoms with Crippen LogP contribution in [0.1, 0.15) is 31.1 Å². The van der Waals surface area contributed by atoms with Crippen molar-refractivity contribution in [1.29, 1.82) is 0 Å². The Morgan fingerprint density at radius 3 is 3.00 bits per heavy atom. The van der Waals surface area contributed by atoms with Crippen LogP contribution >= 0.6 is 34.2 Å². The molecule has 102 valence electrons. The minimum Gasteiger partial charge on any atom is -0.356 e. The summed E-state index contributed by atoms with van der Waals surface area (Å²) in [7, 11) is 0. The van der Waals surface area contributed by atoms with Crippen LogP contribution in [0.15, 0.2) is 6.07 Å². The first-order valence-electron chi connectivity index (χ1n) is 6.23. The number of halogens is 3. The third-order valence-electron chi connectivity index (χ3n) is 3.50. The maximum Gasteiger partial charge on any atom is 0.150 e. The van der Waals surface area contributed by atoms with Gasteiger partial charge in [0.1, 0.15) is 9.52 Å². The van der Waals surface area contributed by atoms with Gasteiger partial charge in [-0.25, -0.2) is 9.07 Å². The third kappa shape index (κ3) is 2.25. The Labute approximate surface area is 129 Å². The highest BCUT2D eigenvalue weighted by molar-refractivity contribution is 14.1. The predicted molar refractivity (Wildman–Crippen MR) is 81.0 cm³/mol. The molecule has 19 heavy (non-hydrogen) atoms. The molecule has 0 aliphatic carbocycles. The fourth-order valence-electron chi connectivity index (χ4n) is 2.42. The molecule has 1 fully saturated rings. The van der Waals surface area contributed by atoms with Crippen LogP contribution in [0.25, 0.3) is 10.9 Å². The van der Waals surface area contributed by atoms with Gasteiger partial charge in [-0.3, -0.25) is 0 Å². The first-order valence-corrected chi connectivity index (χ1v) is 7.69. The number of hydrogen-bond donors (Lipinski definition) is 0. The van der Waals surface area contributed by atoms with Gasteiger partial charge in [-0.05, 0) is 54.8 Å². The van der Waals surface area contributed by atoms with Gasteiger partial charge in [-0.1, -0.05) is 11.6 Å². The average molecular weight is 395 g/mol. The van der Waals surface area contributed by atoms with Crippen molar-refractivity contribution >= 4 is 45.1 Å². The summed E-state index contributed by atoms with van der Waals surface area (Å²) in [6.07, 6.45) is 2.96. The lowest BCUT2D eigenvalue weighted by Crippen LogP contribution is -2.19. The molecule has 1 saturated heterocycles. The van der Waals surface area contributed by atoms with Crippen molar-refractivity contribution in [2.75, 3.05) is 6.61 Å². The van der Waals surface area contributed by atoms with E-state index in [1.807, 2.05) is 0 Å². The molecule has 2 aromatic rings. The minimum absolute atomic E-state index is 0.113. The van der Waals surface area contributed by atoms with Crippen molar-refractivity contribution in [3.8, 4) is 0 Å². The highest BCUT2D eigenvalue weighted by Gasteiger charge is 2.23. The number of nitrogens with zero attached hydrogens (tertiary/aromatic N) is 2. The van der Waals surface area contributed by atoms with Crippen molar-refractivity contribution in [2.24, 2.45) is 0 Å². The monoisotopic (exact) mass is 394 g/mol. The van der Waals surface area contributed by atoms with Gasteiger partial charge >= 0.3 is 0 Å². The second-order valence-electron chi connectivity index (χ2n) is 4.75. The van der Waals surface area contributed by atoms with Gasteiger partial charge in [0.15, 0.2) is 6.23 Å². The molecule has 6 heteroatoms. The number of ether oxygens (including phenoxy) is 1. The normalized spacial score (nSPS) is 20.1. The molecule has 1 atom stereocenters. The second-order valence-corrected chi connectivity index (χ2v) is 6.18. The minimum atomic E-state index is -0.283. The Morgan fingerprint density at radius 1 is 1.53 bits per heavy atom. The van der Waals surface area contributed by atoms with Crippen molar-refractivity contribution in [2.45, 2.75) is 32.4 Å². The molecule has 0 N–H and O–H groups in total. The van der Waals surface area contributed by atoms with Crippen LogP contribution in [0.5, 0.6) is 0 Å². The van der Waals surface area contributed by atoms with E-state index in [0.29, 0.717) is 25.2 Å². The van der Waals surface area contributed by atoms with Gasteiger partial charge in [-0.15, -0.1) is 0 Å². The van der Waals surface area contributed by atoms with E-state index in [4.69, 9.17) is 16.3 Å². The Morgan fingerprint density at radius 2 is 2.32 bits per heavy atom. The van der Waals surface area contributed by atoms with Crippen LogP contribution in [0.3, 0.4) is 0 Å². The Balaban J connectivity index is 2.21. The van der Waals surface area contributed by atoms with E-state index >= 15 is 0 Å². The van der Waals surface area contributed by atoms with E-state index < -0.39 is 0 Å². The molecule has 1 unspecified atom stereocenters. The van der Waals surface area contributed by atoms with Crippen LogP contribution in [0.2, 0.25) is 5.02 Å². The topological polar surface area (TPSA) is 27.1 Å². The predicted octanol–water partition coefficient (Wildman–Crippen LogP) is 4.44. The highest BCUT2D eigenvalue weighted by Crippen LogP contribution is 2.34. The Kier molecular flexibility index (Phi) is 3.70. The molecular formula is C13H13ClFIN2O. The van der Waals surface area contributed by atoms with E-state index in [9.17, 15) is 4.39 Å². The van der Waals surface area contributed by atoms with Crippen LogP contribution in [0.4, 0.5) is 4.39 Å². The average Bonchev–Trinajstić information content (AvgIpc) is 2.74. The summed E-state index contributed by atoms with van der Waals surface area (Å²) in [5, 5.41) is 5.40. The largest absolute Gasteiger partial charge is 0.356 e. The lowest BCUT2D eigenvalue weighted by atomic mass is 10.1. The quantitative estimate of drug-likeness (QED) is 0.669. The standard InChI is InChI=1S/C13H13ClFIN2O/c1-7-8(14)6-9-11(12(7)15)13(16)17-18(9)10-4-2-3-5-19-10/h6,10H,2-5H2,1H3. The number of hydrogen-bond acceptors (Lipinski definition) is 2. The summed E-state index contributed by atoms with van der Waals surface area (Å²) in [6, 6.07) is 1.78. The van der Waals surface area contributed by atoms with Crippen molar-refractivity contribution in [3.05, 3.63) is 26.2 Å². The molecule has 0 saturated carbocycles. The maximum absolute atomic E-state index is 14.3. The molecule has 0 amide bonds. The number of benzene rings is 1. The van der Waals surface area contributed by atoms with Gasteiger partial charge < -0.3 is 4.74 Å². The Hall–Kier alpha value is -0.400. The van der Waals surface area contributed by atoms with Crippen LogP contribution in [-0.2, 0) is 4.74 Å². The van der Waals surface area contributed by atoms with E-state index in [-0.39, 0.29) is 12.0 Å². The summed E-state index contributed by atoms with van der Waals surface area (Å²) in [4.78, 5) is 0. The van der Waals surface area contributed by atoms with Gasteiger partial charge in [-0.2, -0.15) is 5.10 Å². The summed E-state index contributed by atoms with van der Waals surface area (Å²) in [6.45, 7) is 2.41. The van der Waals surface area contributed by atoms with Crippen LogP contribution in [-0.4, -0.2) is 16.4 Å². The maximum atomic E-state index is 14.3. The molecular weight excluding hydrogens is 382 g/mol. The summed E-state index contributed by atoms with van der Waals surface area (Å²) in [5.41, 5.74) is 1.18. The van der Waals surface area contributed by atoms with Crippen molar-refractivity contribution in [3.63, 3.8) is 0 Å². The molecule has 3 nitrogen and oxygen atoms in total. The summed E-state index contributed by atoms with van der Waals surface area (Å²) >= 11 is 8.15. The molecule has 1 aromatic heterocycles. The molecule has 1 aliphatic heterocycles. The smallest absolute Gasteiger partial charge is 0.150 e. The first kappa shape index (κ1) is 13.6. The molecule has 3 rings (SSSR count). The van der Waals surface area contributed by atoms with E-state index in [1.165, 1.54) is 0 Å². The third-order valence-corrected chi connectivity index (χ3v) is 4.65. The fourth-order valence-corrected chi connectivity index (χ4v) is 3.35. The number of rotatable bonds is 1. The molecule has 1 aliphatic rings. The van der Waals surface area contributed by atoms with Crippen LogP contribution < -0.4 is 0 Å². The number of fused-ring (bicyclic) bond motifs is 1. The van der Waals surface area contributed by atoms with Crippen molar-refractivity contribution < 1.29 is 9.13 Å². The fraction of sp³-hybridized carbons (Fsp3) is 0.462. The lowest BCUT2D eigenvalue weighted by molar-refractivity contribution is -0.0368. The zero-order chi connectivity index (χ0) is 13.6. The van der Waals surface area contributed by atoms with E-state index in [2.05, 4.69) is 27.7 Å². The highest BCUT2D eigenvalue weighted by atomic mass is 127. The molecule has 0 radical (unpaired) electrons. The first-order chi connectivity index (χ1) is 9.09. The molecule has 1 aromatic carbocycles. The zero-order valence-corrected chi connectivity index (χ0v) is 13.3. The van der Waals surface area contributed by atoms with Gasteiger partial charge in [0.2, 0.25) is 0 Å². The van der Waals surface area contributed by atoms with E-state index in [0.717, 1.165) is 25.9 Å². The van der Waals surface area contributed by atoms with Crippen molar-refractivity contribution in [1.82, 2.24) is 9.78 Å². The SMILES string of the molecule is Cc1c(Cl)cc2c(c(I)nn2C2CCCCO2)c1F. The van der Waals surface area contributed by atoms with Gasteiger partial charge in [0, 0.05) is 17.2 Å². The lowest BCUT2D eigenvalue weighted by Gasteiger charge is -2.23. The molecule has 0 bridgehead atoms. The second kappa shape index (κ2) is 5.18. The number of aromatic nitrogens is 2. The molecule has 0 spiro atoms. The van der Waals surface area contributed by atoms with Crippen LogP contribution in [0, 0.1) is 16.4 Å². The summed E-state index contributed by atoms with van der Waals surface area (Å²) < 4.78 is 22.5.